The van der Waals surface area contributed by atoms with Crippen molar-refractivity contribution in [2.75, 3.05) is 38.6 Å². The molecule has 166 valence electrons. The predicted octanol–water partition coefficient (Wildman–Crippen LogP) is 3.49. The minimum absolute atomic E-state index is 0.155. The third-order valence-electron chi connectivity index (χ3n) is 5.13. The van der Waals surface area contributed by atoms with Crippen molar-refractivity contribution in [3.8, 4) is 0 Å². The molecule has 1 saturated heterocycles. The van der Waals surface area contributed by atoms with Gasteiger partial charge in [0, 0.05) is 36.6 Å². The summed E-state index contributed by atoms with van der Waals surface area (Å²) in [4.78, 5) is 37.5. The molecule has 31 heavy (non-hydrogen) atoms. The highest BCUT2D eigenvalue weighted by Gasteiger charge is 2.32. The SMILES string of the molecule is COC(=O)[C@H](c1cccc(Cl)c1)N1CCN(C(=O)Nc2cnc(C(C)(C)C)nc2)CC1. The summed E-state index contributed by atoms with van der Waals surface area (Å²) in [6.45, 7) is 8.10. The third kappa shape index (κ3) is 5.71. The van der Waals surface area contributed by atoms with Crippen LogP contribution in [0.4, 0.5) is 10.5 Å². The lowest BCUT2D eigenvalue weighted by Crippen LogP contribution is -2.52. The first-order valence-electron chi connectivity index (χ1n) is 10.1. The Morgan fingerprint density at radius 1 is 1.13 bits per heavy atom. The molecule has 1 atom stereocenters. The summed E-state index contributed by atoms with van der Waals surface area (Å²) < 4.78 is 5.02. The molecule has 1 aromatic heterocycles. The van der Waals surface area contributed by atoms with Crippen LogP contribution in [0.1, 0.15) is 38.2 Å². The number of halogens is 1. The van der Waals surface area contributed by atoms with Crippen LogP contribution in [0, 0.1) is 0 Å². The van der Waals surface area contributed by atoms with Crippen LogP contribution in [0.15, 0.2) is 36.7 Å². The first-order chi connectivity index (χ1) is 14.7. The highest BCUT2D eigenvalue weighted by Crippen LogP contribution is 2.26. The molecule has 1 N–H and O–H groups in total. The summed E-state index contributed by atoms with van der Waals surface area (Å²) in [6, 6.07) is 6.41. The molecule has 3 rings (SSSR count). The number of hydrogen-bond acceptors (Lipinski definition) is 6. The molecule has 0 spiro atoms. The van der Waals surface area contributed by atoms with Gasteiger partial charge in [-0.15, -0.1) is 0 Å². The minimum Gasteiger partial charge on any atom is -0.468 e. The predicted molar refractivity (Wildman–Crippen MR) is 119 cm³/mol. The molecule has 0 saturated carbocycles. The molecule has 2 amide bonds. The van der Waals surface area contributed by atoms with Crippen molar-refractivity contribution < 1.29 is 14.3 Å². The Bertz CT molecular complexity index is 921. The van der Waals surface area contributed by atoms with Crippen LogP contribution in [0.25, 0.3) is 0 Å². The lowest BCUT2D eigenvalue weighted by atomic mass is 9.96. The lowest BCUT2D eigenvalue weighted by Gasteiger charge is -2.38. The van der Waals surface area contributed by atoms with E-state index in [0.29, 0.717) is 42.7 Å². The highest BCUT2D eigenvalue weighted by atomic mass is 35.5. The van der Waals surface area contributed by atoms with E-state index in [0.717, 1.165) is 5.56 Å². The van der Waals surface area contributed by atoms with Gasteiger partial charge in [-0.2, -0.15) is 0 Å². The Balaban J connectivity index is 1.62. The van der Waals surface area contributed by atoms with E-state index in [-0.39, 0.29) is 17.4 Å². The van der Waals surface area contributed by atoms with Crippen LogP contribution in [0.3, 0.4) is 0 Å². The normalized spacial score (nSPS) is 16.0. The van der Waals surface area contributed by atoms with Crippen LogP contribution in [-0.2, 0) is 14.9 Å². The van der Waals surface area contributed by atoms with Gasteiger partial charge in [-0.05, 0) is 17.7 Å². The third-order valence-corrected chi connectivity index (χ3v) is 5.36. The Hall–Kier alpha value is -2.71. The largest absolute Gasteiger partial charge is 0.468 e. The van der Waals surface area contributed by atoms with Crippen molar-refractivity contribution in [1.29, 1.82) is 0 Å². The molecular formula is C22H28ClN5O3. The maximum absolute atomic E-state index is 12.7. The Morgan fingerprint density at radius 2 is 1.77 bits per heavy atom. The molecular weight excluding hydrogens is 418 g/mol. The molecule has 2 aromatic rings. The van der Waals surface area contributed by atoms with E-state index in [4.69, 9.17) is 16.3 Å². The number of nitrogens with one attached hydrogen (secondary N) is 1. The average molecular weight is 446 g/mol. The second-order valence-corrected chi connectivity index (χ2v) is 8.92. The summed E-state index contributed by atoms with van der Waals surface area (Å²) in [5.41, 5.74) is 1.16. The number of benzene rings is 1. The summed E-state index contributed by atoms with van der Waals surface area (Å²) >= 11 is 6.11. The van der Waals surface area contributed by atoms with E-state index >= 15 is 0 Å². The highest BCUT2D eigenvalue weighted by molar-refractivity contribution is 6.30. The standard InChI is InChI=1S/C22H28ClN5O3/c1-22(2,3)20-24-13-17(14-25-20)26-21(30)28-10-8-27(9-11-28)18(19(29)31-4)15-6-5-7-16(23)12-15/h5-7,12-14,18H,8-11H2,1-4H3,(H,26,30)/t18-/m0/s1. The van der Waals surface area contributed by atoms with Crippen LogP contribution >= 0.6 is 11.6 Å². The first-order valence-corrected chi connectivity index (χ1v) is 10.5. The molecule has 9 heteroatoms. The van der Waals surface area contributed by atoms with Crippen molar-refractivity contribution >= 4 is 29.3 Å². The second kappa shape index (κ2) is 9.62. The molecule has 1 aliphatic rings. The number of piperazine rings is 1. The maximum Gasteiger partial charge on any atom is 0.327 e. The Labute approximate surface area is 187 Å². The van der Waals surface area contributed by atoms with Gasteiger partial charge in [-0.1, -0.05) is 44.5 Å². The van der Waals surface area contributed by atoms with Gasteiger partial charge in [0.05, 0.1) is 25.2 Å². The molecule has 2 heterocycles. The van der Waals surface area contributed by atoms with Crippen molar-refractivity contribution in [2.24, 2.45) is 0 Å². The Morgan fingerprint density at radius 3 is 2.32 bits per heavy atom. The molecule has 0 aliphatic carbocycles. The van der Waals surface area contributed by atoms with Gasteiger partial charge in [0.1, 0.15) is 11.9 Å². The summed E-state index contributed by atoms with van der Waals surface area (Å²) in [5.74, 6) is 0.366. The van der Waals surface area contributed by atoms with Crippen molar-refractivity contribution in [3.63, 3.8) is 0 Å². The Kier molecular flexibility index (Phi) is 7.12. The topological polar surface area (TPSA) is 87.7 Å². The van der Waals surface area contributed by atoms with E-state index in [2.05, 4.69) is 15.3 Å². The number of nitrogens with zero attached hydrogens (tertiary/aromatic N) is 4. The molecule has 0 radical (unpaired) electrons. The fraction of sp³-hybridized carbons (Fsp3) is 0.455. The zero-order valence-corrected chi connectivity index (χ0v) is 19.0. The van der Waals surface area contributed by atoms with Crippen molar-refractivity contribution in [1.82, 2.24) is 19.8 Å². The summed E-state index contributed by atoms with van der Waals surface area (Å²) in [7, 11) is 1.37. The van der Waals surface area contributed by atoms with Crippen LogP contribution in [-0.4, -0.2) is 65.1 Å². The van der Waals surface area contributed by atoms with Crippen LogP contribution < -0.4 is 5.32 Å². The van der Waals surface area contributed by atoms with E-state index in [9.17, 15) is 9.59 Å². The first kappa shape index (κ1) is 23.0. The zero-order valence-electron chi connectivity index (χ0n) is 18.3. The van der Waals surface area contributed by atoms with Gasteiger partial charge in [0.25, 0.3) is 0 Å². The lowest BCUT2D eigenvalue weighted by molar-refractivity contribution is -0.148. The van der Waals surface area contributed by atoms with Crippen LogP contribution in [0.2, 0.25) is 5.02 Å². The number of rotatable bonds is 4. The number of aromatic nitrogens is 2. The number of hydrogen-bond donors (Lipinski definition) is 1. The number of methoxy groups -OCH3 is 1. The number of carbonyl (C=O) groups is 2. The fourth-order valence-electron chi connectivity index (χ4n) is 3.45. The van der Waals surface area contributed by atoms with Gasteiger partial charge in [0.2, 0.25) is 0 Å². The van der Waals surface area contributed by atoms with E-state index in [1.165, 1.54) is 7.11 Å². The minimum atomic E-state index is -0.563. The summed E-state index contributed by atoms with van der Waals surface area (Å²) in [6.07, 6.45) is 3.24. The number of carbonyl (C=O) groups excluding carboxylic acids is 2. The zero-order chi connectivity index (χ0) is 22.6. The van der Waals surface area contributed by atoms with Gasteiger partial charge in [-0.3, -0.25) is 4.90 Å². The molecule has 8 nitrogen and oxygen atoms in total. The van der Waals surface area contributed by atoms with Gasteiger partial charge < -0.3 is 15.0 Å². The number of anilines is 1. The quantitative estimate of drug-likeness (QED) is 0.725. The monoisotopic (exact) mass is 445 g/mol. The molecule has 0 unspecified atom stereocenters. The number of esters is 1. The maximum atomic E-state index is 12.7. The number of amides is 2. The summed E-state index contributed by atoms with van der Waals surface area (Å²) in [5, 5.41) is 3.40. The van der Waals surface area contributed by atoms with Gasteiger partial charge in [-0.25, -0.2) is 19.6 Å². The van der Waals surface area contributed by atoms with Crippen LogP contribution in [0.5, 0.6) is 0 Å². The average Bonchev–Trinajstić information content (AvgIpc) is 2.74. The molecule has 1 aliphatic heterocycles. The molecule has 1 aromatic carbocycles. The van der Waals surface area contributed by atoms with Gasteiger partial charge in [0.15, 0.2) is 0 Å². The van der Waals surface area contributed by atoms with Crippen molar-refractivity contribution in [2.45, 2.75) is 32.2 Å². The molecule has 1 fully saturated rings. The second-order valence-electron chi connectivity index (χ2n) is 8.48. The van der Waals surface area contributed by atoms with Crippen molar-refractivity contribution in [3.05, 3.63) is 53.1 Å². The molecule has 0 bridgehead atoms. The smallest absolute Gasteiger partial charge is 0.327 e. The van der Waals surface area contributed by atoms with E-state index in [1.807, 2.05) is 37.8 Å². The number of urea groups is 1. The van der Waals surface area contributed by atoms with E-state index < -0.39 is 6.04 Å². The van der Waals surface area contributed by atoms with E-state index in [1.54, 1.807) is 29.4 Å². The fourth-order valence-corrected chi connectivity index (χ4v) is 3.65. The van der Waals surface area contributed by atoms with Gasteiger partial charge >= 0.3 is 12.0 Å². The number of ether oxygens (including phenoxy) is 1.